The van der Waals surface area contributed by atoms with Crippen LogP contribution >= 0.6 is 31.2 Å². The minimum atomic E-state index is -4.04. The van der Waals surface area contributed by atoms with Crippen molar-refractivity contribution in [3.63, 3.8) is 0 Å². The van der Waals surface area contributed by atoms with E-state index in [1.165, 1.54) is 13.4 Å². The van der Waals surface area contributed by atoms with E-state index in [9.17, 15) is 14.5 Å². The molecule has 0 saturated carbocycles. The van der Waals surface area contributed by atoms with Crippen molar-refractivity contribution in [2.24, 2.45) is 5.41 Å². The second-order valence-corrected chi connectivity index (χ2v) is 12.3. The molecule has 0 radical (unpaired) electrons. The Bertz CT molecular complexity index is 1130. The van der Waals surface area contributed by atoms with Crippen molar-refractivity contribution in [3.8, 4) is 5.88 Å². The smallest absolute Gasteiger partial charge is 0.474 e. The number of fused-ring (bicyclic) bond motifs is 1. The Morgan fingerprint density at radius 3 is 2.83 bits per heavy atom. The highest BCUT2D eigenvalue weighted by molar-refractivity contribution is 8.13. The Kier molecular flexibility index (Phi) is 9.27. The van der Waals surface area contributed by atoms with Crippen LogP contribution in [0.5, 0.6) is 5.88 Å². The van der Waals surface area contributed by atoms with Crippen LogP contribution in [0.25, 0.3) is 11.2 Å². The van der Waals surface area contributed by atoms with Crippen molar-refractivity contribution in [1.82, 2.24) is 19.5 Å². The molecular formula is C20H31ClN5O8PS. The summed E-state index contributed by atoms with van der Waals surface area (Å²) in [5.41, 5.74) is 5.68. The summed E-state index contributed by atoms with van der Waals surface area (Å²) < 4.78 is 42.2. The maximum Gasteiger partial charge on any atom is 0.474 e. The Morgan fingerprint density at radius 1 is 1.47 bits per heavy atom. The number of halogens is 1. The van der Waals surface area contributed by atoms with Crippen LogP contribution in [0.2, 0.25) is 0 Å². The zero-order chi connectivity index (χ0) is 26.7. The second-order valence-electron chi connectivity index (χ2n) is 8.72. The van der Waals surface area contributed by atoms with Crippen LogP contribution in [0.15, 0.2) is 6.33 Å². The predicted octanol–water partition coefficient (Wildman–Crippen LogP) is 2.77. The quantitative estimate of drug-likeness (QED) is 0.218. The number of phosphoric ester groups is 1. The lowest BCUT2D eigenvalue weighted by Gasteiger charge is -2.30. The number of thioether (sulfide) groups is 1. The number of nitrogen functional groups attached to an aromatic ring is 1. The molecule has 13 nitrogen and oxygen atoms in total. The molecule has 16 heteroatoms. The van der Waals surface area contributed by atoms with E-state index in [0.29, 0.717) is 17.8 Å². The van der Waals surface area contributed by atoms with Gasteiger partial charge in [0.2, 0.25) is 11.8 Å². The molecule has 0 amide bonds. The van der Waals surface area contributed by atoms with Gasteiger partial charge in [-0.25, -0.2) is 9.55 Å². The molecule has 0 bridgehead atoms. The maximum atomic E-state index is 13.1. The second kappa shape index (κ2) is 11.5. The van der Waals surface area contributed by atoms with Gasteiger partial charge in [-0.1, -0.05) is 11.8 Å². The van der Waals surface area contributed by atoms with Crippen LogP contribution in [-0.2, 0) is 27.7 Å². The van der Waals surface area contributed by atoms with E-state index in [0.717, 1.165) is 11.8 Å². The third-order valence-corrected chi connectivity index (χ3v) is 8.53. The highest BCUT2D eigenvalue weighted by Crippen LogP contribution is 2.55. The average Bonchev–Trinajstić information content (AvgIpc) is 3.36. The highest BCUT2D eigenvalue weighted by atomic mass is 35.5. The molecule has 0 aromatic carbocycles. The first-order chi connectivity index (χ1) is 16.9. The molecule has 0 spiro atoms. The Morgan fingerprint density at radius 2 is 2.19 bits per heavy atom. The first-order valence-electron chi connectivity index (χ1n) is 11.1. The van der Waals surface area contributed by atoms with Crippen molar-refractivity contribution in [1.29, 1.82) is 0 Å². The van der Waals surface area contributed by atoms with Crippen LogP contribution in [0.4, 0.5) is 5.95 Å². The predicted molar refractivity (Wildman–Crippen MR) is 134 cm³/mol. The van der Waals surface area contributed by atoms with Gasteiger partial charge in [-0.3, -0.25) is 22.9 Å². The summed E-state index contributed by atoms with van der Waals surface area (Å²) in [5.74, 6) is 0.410. The van der Waals surface area contributed by atoms with E-state index < -0.39 is 30.4 Å². The minimum absolute atomic E-state index is 0.00853. The number of nitrogens with two attached hydrogens (primary N) is 1. The molecule has 3 heterocycles. The van der Waals surface area contributed by atoms with Crippen molar-refractivity contribution < 1.29 is 37.5 Å². The Balaban J connectivity index is 1.70. The summed E-state index contributed by atoms with van der Waals surface area (Å²) in [6, 6.07) is 0. The molecule has 36 heavy (non-hydrogen) atoms. The number of nitrogens with zero attached hydrogens (tertiary/aromatic N) is 4. The average molecular weight is 568 g/mol. The third-order valence-electron chi connectivity index (χ3n) is 5.45. The maximum absolute atomic E-state index is 13.1. The lowest BCUT2D eigenvalue weighted by Crippen LogP contribution is -2.38. The number of alkyl halides is 1. The van der Waals surface area contributed by atoms with E-state index >= 15 is 0 Å². The summed E-state index contributed by atoms with van der Waals surface area (Å²) >= 11 is 7.81. The summed E-state index contributed by atoms with van der Waals surface area (Å²) in [7, 11) is -2.86. The number of anilines is 1. The summed E-state index contributed by atoms with van der Waals surface area (Å²) in [4.78, 5) is 23.5. The molecule has 1 fully saturated rings. The van der Waals surface area contributed by atoms with Crippen molar-refractivity contribution in [2.45, 2.75) is 44.9 Å². The number of carbonyl (C=O) groups excluding carboxylic acids is 1. The van der Waals surface area contributed by atoms with E-state index in [4.69, 9.17) is 40.4 Å². The number of ether oxygens (including phenoxy) is 2. The van der Waals surface area contributed by atoms with Crippen LogP contribution in [0.1, 0.15) is 33.9 Å². The number of aromatic nitrogens is 4. The van der Waals surface area contributed by atoms with Crippen LogP contribution in [0.3, 0.4) is 0 Å². The largest absolute Gasteiger partial charge is 0.476 e. The third kappa shape index (κ3) is 6.13. The zero-order valence-electron chi connectivity index (χ0n) is 20.7. The Hall–Kier alpha value is -1.51. The van der Waals surface area contributed by atoms with E-state index in [-0.39, 0.29) is 42.5 Å². The monoisotopic (exact) mass is 567 g/mol. The fraction of sp³-hybridized carbons (Fsp3) is 0.700. The SMILES string of the molecule is CCOc1nc(N)nc2c1ncn2[C@@H]1OC[C@@H](O[P@](=O)(OC)OCCSC(=O)C(C)(C)CO)[C@@]1(C)Cl. The molecule has 3 rings (SSSR count). The van der Waals surface area contributed by atoms with Gasteiger partial charge in [0.05, 0.1) is 38.2 Å². The zero-order valence-corrected chi connectivity index (χ0v) is 23.1. The first-order valence-corrected chi connectivity index (χ1v) is 13.9. The first kappa shape index (κ1) is 29.1. The van der Waals surface area contributed by atoms with Crippen molar-refractivity contribution in [2.75, 3.05) is 45.0 Å². The van der Waals surface area contributed by atoms with Gasteiger partial charge >= 0.3 is 7.82 Å². The number of phosphoric acid groups is 1. The normalized spacial score (nSPS) is 24.2. The number of rotatable bonds is 12. The van der Waals surface area contributed by atoms with Gasteiger partial charge in [-0.05, 0) is 27.7 Å². The molecular weight excluding hydrogens is 537 g/mol. The number of hydrogen-bond donors (Lipinski definition) is 2. The molecule has 0 aliphatic carbocycles. The van der Waals surface area contributed by atoms with Crippen molar-refractivity contribution >= 4 is 53.4 Å². The van der Waals surface area contributed by atoms with Gasteiger partial charge < -0.3 is 20.3 Å². The molecule has 202 valence electrons. The lowest BCUT2D eigenvalue weighted by molar-refractivity contribution is -0.119. The molecule has 3 N–H and O–H groups in total. The molecule has 1 aliphatic heterocycles. The van der Waals surface area contributed by atoms with Crippen molar-refractivity contribution in [3.05, 3.63) is 6.33 Å². The molecule has 2 aromatic rings. The number of carbonyl (C=O) groups is 1. The molecule has 4 atom stereocenters. The molecule has 1 aliphatic rings. The highest BCUT2D eigenvalue weighted by Gasteiger charge is 2.52. The van der Waals surface area contributed by atoms with Gasteiger partial charge in [0.15, 0.2) is 22.5 Å². The van der Waals surface area contributed by atoms with Gasteiger partial charge in [0, 0.05) is 12.9 Å². The number of hydrogen-bond acceptors (Lipinski definition) is 13. The number of imidazole rings is 1. The summed E-state index contributed by atoms with van der Waals surface area (Å²) in [6.45, 7) is 6.68. The Labute approximate surface area is 217 Å². The van der Waals surface area contributed by atoms with Gasteiger partial charge in [0.25, 0.3) is 0 Å². The van der Waals surface area contributed by atoms with E-state index in [1.54, 1.807) is 25.3 Å². The van der Waals surface area contributed by atoms with E-state index in [2.05, 4.69) is 15.0 Å². The summed E-state index contributed by atoms with van der Waals surface area (Å²) in [5, 5.41) is 9.08. The van der Waals surface area contributed by atoms with Gasteiger partial charge in [-0.15, -0.1) is 11.6 Å². The molecule has 2 aromatic heterocycles. The van der Waals surface area contributed by atoms with Gasteiger partial charge in [-0.2, -0.15) is 9.97 Å². The standard InChI is InChI=1S/C20H31ClN5O8PS/c1-6-31-15-13-14(24-18(22)25-15)26(11-23-13)16-20(4,21)12(9-32-16)34-35(29,30-5)33-7-8-36-17(28)19(2,3)10-27/h11-12,16,27H,6-10H2,1-5H3,(H2,22,24,25)/t12-,16-,20-,35-/m1/s1. The lowest BCUT2D eigenvalue weighted by atomic mass is 9.97. The van der Waals surface area contributed by atoms with E-state index in [1.807, 2.05) is 6.92 Å². The number of aliphatic hydroxyl groups excluding tert-OH is 1. The van der Waals surface area contributed by atoms with Crippen LogP contribution < -0.4 is 10.5 Å². The number of aliphatic hydroxyl groups is 1. The fourth-order valence-corrected chi connectivity index (χ4v) is 5.72. The van der Waals surface area contributed by atoms with Crippen LogP contribution in [0, 0.1) is 5.41 Å². The minimum Gasteiger partial charge on any atom is -0.476 e. The van der Waals surface area contributed by atoms with Gasteiger partial charge in [0.1, 0.15) is 11.0 Å². The molecule has 0 unspecified atom stereocenters. The van der Waals surface area contributed by atoms with Crippen LogP contribution in [-0.4, -0.2) is 80.0 Å². The topological polar surface area (TPSA) is 170 Å². The molecule has 1 saturated heterocycles. The fourth-order valence-electron chi connectivity index (χ4n) is 3.29. The summed E-state index contributed by atoms with van der Waals surface area (Å²) in [6.07, 6.45) is -0.249.